The number of benzene rings is 1. The maximum Gasteiger partial charge on any atom is 0.240 e. The SMILES string of the molecule is COc1ccc(S(=O)(=O)NCc2cccnc2-c2ccncc2)cc1Cl. The number of pyridine rings is 2. The van der Waals surface area contributed by atoms with Crippen molar-refractivity contribution in [1.29, 1.82) is 0 Å². The number of rotatable bonds is 6. The van der Waals surface area contributed by atoms with Crippen LogP contribution in [-0.2, 0) is 16.6 Å². The van der Waals surface area contributed by atoms with Gasteiger partial charge in [-0.2, -0.15) is 0 Å². The summed E-state index contributed by atoms with van der Waals surface area (Å²) in [7, 11) is -2.27. The van der Waals surface area contributed by atoms with E-state index in [0.29, 0.717) is 11.4 Å². The van der Waals surface area contributed by atoms with E-state index in [1.165, 1.54) is 25.3 Å². The van der Waals surface area contributed by atoms with Crippen molar-refractivity contribution in [3.05, 3.63) is 71.6 Å². The number of sulfonamides is 1. The van der Waals surface area contributed by atoms with Crippen LogP contribution in [0.3, 0.4) is 0 Å². The molecular weight excluding hydrogens is 374 g/mol. The highest BCUT2D eigenvalue weighted by molar-refractivity contribution is 7.89. The van der Waals surface area contributed by atoms with Gasteiger partial charge in [0.25, 0.3) is 0 Å². The van der Waals surface area contributed by atoms with Gasteiger partial charge in [0.2, 0.25) is 10.0 Å². The van der Waals surface area contributed by atoms with Crippen molar-refractivity contribution in [2.24, 2.45) is 0 Å². The standard InChI is InChI=1S/C18H16ClN3O3S/c1-25-17-5-4-15(11-16(17)19)26(23,24)22-12-14-3-2-8-21-18(14)13-6-9-20-10-7-13/h2-11,22H,12H2,1H3. The lowest BCUT2D eigenvalue weighted by Crippen LogP contribution is -2.23. The second-order valence-corrected chi connectivity index (χ2v) is 7.54. The second kappa shape index (κ2) is 7.82. The van der Waals surface area contributed by atoms with Crippen molar-refractivity contribution in [3.63, 3.8) is 0 Å². The van der Waals surface area contributed by atoms with E-state index in [-0.39, 0.29) is 16.5 Å². The van der Waals surface area contributed by atoms with Crippen molar-refractivity contribution in [3.8, 4) is 17.0 Å². The summed E-state index contributed by atoms with van der Waals surface area (Å²) in [5.41, 5.74) is 2.31. The lowest BCUT2D eigenvalue weighted by molar-refractivity contribution is 0.414. The molecule has 0 saturated carbocycles. The van der Waals surface area contributed by atoms with Crippen LogP contribution < -0.4 is 9.46 Å². The van der Waals surface area contributed by atoms with E-state index >= 15 is 0 Å². The smallest absolute Gasteiger partial charge is 0.240 e. The number of nitrogens with one attached hydrogen (secondary N) is 1. The molecule has 0 radical (unpaired) electrons. The fraction of sp³-hybridized carbons (Fsp3) is 0.111. The molecule has 2 heterocycles. The Morgan fingerprint density at radius 2 is 1.88 bits per heavy atom. The third kappa shape index (κ3) is 4.01. The van der Waals surface area contributed by atoms with E-state index in [2.05, 4.69) is 14.7 Å². The van der Waals surface area contributed by atoms with E-state index in [9.17, 15) is 8.42 Å². The van der Waals surface area contributed by atoms with Gasteiger partial charge in [-0.25, -0.2) is 13.1 Å². The molecule has 0 spiro atoms. The summed E-state index contributed by atoms with van der Waals surface area (Å²) < 4.78 is 32.8. The lowest BCUT2D eigenvalue weighted by atomic mass is 10.1. The summed E-state index contributed by atoms with van der Waals surface area (Å²) >= 11 is 6.02. The number of hydrogen-bond acceptors (Lipinski definition) is 5. The molecule has 1 N–H and O–H groups in total. The van der Waals surface area contributed by atoms with Crippen LogP contribution >= 0.6 is 11.6 Å². The zero-order valence-electron chi connectivity index (χ0n) is 13.9. The van der Waals surface area contributed by atoms with Crippen LogP contribution in [0.5, 0.6) is 5.75 Å². The first-order chi connectivity index (χ1) is 12.5. The maximum absolute atomic E-state index is 12.6. The zero-order chi connectivity index (χ0) is 18.6. The summed E-state index contributed by atoms with van der Waals surface area (Å²) in [5.74, 6) is 0.415. The molecule has 0 atom stereocenters. The molecule has 134 valence electrons. The molecule has 6 nitrogen and oxygen atoms in total. The number of nitrogens with zero attached hydrogens (tertiary/aromatic N) is 2. The topological polar surface area (TPSA) is 81.2 Å². The molecule has 0 saturated heterocycles. The Labute approximate surface area is 156 Å². The van der Waals surface area contributed by atoms with Gasteiger partial charge >= 0.3 is 0 Å². The normalized spacial score (nSPS) is 11.3. The molecular formula is C18H16ClN3O3S. The fourth-order valence-corrected chi connectivity index (χ4v) is 3.78. The predicted molar refractivity (Wildman–Crippen MR) is 99.5 cm³/mol. The first-order valence-electron chi connectivity index (χ1n) is 7.69. The van der Waals surface area contributed by atoms with Crippen molar-refractivity contribution in [1.82, 2.24) is 14.7 Å². The van der Waals surface area contributed by atoms with Gasteiger partial charge in [-0.3, -0.25) is 9.97 Å². The molecule has 0 fully saturated rings. The minimum absolute atomic E-state index is 0.0673. The first kappa shape index (κ1) is 18.3. The van der Waals surface area contributed by atoms with Gasteiger partial charge in [0, 0.05) is 30.7 Å². The van der Waals surface area contributed by atoms with E-state index in [1.54, 1.807) is 24.7 Å². The third-order valence-corrected chi connectivity index (χ3v) is 5.43. The van der Waals surface area contributed by atoms with Crippen LogP contribution in [0, 0.1) is 0 Å². The Morgan fingerprint density at radius 3 is 2.58 bits per heavy atom. The number of methoxy groups -OCH3 is 1. The average Bonchev–Trinajstić information content (AvgIpc) is 2.67. The molecule has 8 heteroatoms. The van der Waals surface area contributed by atoms with E-state index in [4.69, 9.17) is 16.3 Å². The van der Waals surface area contributed by atoms with Gasteiger partial charge < -0.3 is 4.74 Å². The quantitative estimate of drug-likeness (QED) is 0.699. The number of aromatic nitrogens is 2. The highest BCUT2D eigenvalue weighted by Gasteiger charge is 2.17. The Balaban J connectivity index is 1.84. The van der Waals surface area contributed by atoms with Crippen molar-refractivity contribution >= 4 is 21.6 Å². The van der Waals surface area contributed by atoms with Crippen LogP contribution in [0.1, 0.15) is 5.56 Å². The fourth-order valence-electron chi connectivity index (χ4n) is 2.42. The number of ether oxygens (including phenoxy) is 1. The van der Waals surface area contributed by atoms with Gasteiger partial charge in [0.1, 0.15) is 5.75 Å². The van der Waals surface area contributed by atoms with Crippen molar-refractivity contribution < 1.29 is 13.2 Å². The van der Waals surface area contributed by atoms with E-state index < -0.39 is 10.0 Å². The van der Waals surface area contributed by atoms with Crippen LogP contribution in [0.2, 0.25) is 5.02 Å². The Bertz CT molecular complexity index is 1010. The predicted octanol–water partition coefficient (Wildman–Crippen LogP) is 3.28. The second-order valence-electron chi connectivity index (χ2n) is 5.37. The van der Waals surface area contributed by atoms with Gasteiger partial charge in [0.05, 0.1) is 22.7 Å². The molecule has 0 amide bonds. The highest BCUT2D eigenvalue weighted by atomic mass is 35.5. The Hall–Kier alpha value is -2.48. The number of halogens is 1. The molecule has 0 aliphatic heterocycles. The largest absolute Gasteiger partial charge is 0.495 e. The van der Waals surface area contributed by atoms with E-state index in [0.717, 1.165) is 11.1 Å². The molecule has 1 aromatic carbocycles. The zero-order valence-corrected chi connectivity index (χ0v) is 15.5. The van der Waals surface area contributed by atoms with E-state index in [1.807, 2.05) is 18.2 Å². The molecule has 0 bridgehead atoms. The molecule has 26 heavy (non-hydrogen) atoms. The van der Waals surface area contributed by atoms with Crippen LogP contribution in [0.15, 0.2) is 66.0 Å². The van der Waals surface area contributed by atoms with Crippen LogP contribution in [-0.4, -0.2) is 25.5 Å². The molecule has 0 aliphatic carbocycles. The number of hydrogen-bond donors (Lipinski definition) is 1. The van der Waals surface area contributed by atoms with Gasteiger partial charge in [-0.1, -0.05) is 17.7 Å². The molecule has 3 rings (SSSR count). The summed E-state index contributed by atoms with van der Waals surface area (Å²) in [4.78, 5) is 8.41. The minimum atomic E-state index is -3.74. The van der Waals surface area contributed by atoms with Gasteiger partial charge in [-0.05, 0) is 42.0 Å². The summed E-state index contributed by atoms with van der Waals surface area (Å²) in [6.45, 7) is 0.0947. The van der Waals surface area contributed by atoms with Crippen LogP contribution in [0.4, 0.5) is 0 Å². The maximum atomic E-state index is 12.6. The first-order valence-corrected chi connectivity index (χ1v) is 9.55. The summed E-state index contributed by atoms with van der Waals surface area (Å²) in [6, 6.07) is 11.6. The minimum Gasteiger partial charge on any atom is -0.495 e. The Morgan fingerprint density at radius 1 is 1.12 bits per heavy atom. The lowest BCUT2D eigenvalue weighted by Gasteiger charge is -2.11. The van der Waals surface area contributed by atoms with Gasteiger partial charge in [-0.15, -0.1) is 0 Å². The molecule has 3 aromatic rings. The Kier molecular flexibility index (Phi) is 5.51. The van der Waals surface area contributed by atoms with Crippen molar-refractivity contribution in [2.75, 3.05) is 7.11 Å². The summed E-state index contributed by atoms with van der Waals surface area (Å²) in [6.07, 6.45) is 4.99. The third-order valence-electron chi connectivity index (χ3n) is 3.73. The molecule has 2 aromatic heterocycles. The van der Waals surface area contributed by atoms with Crippen LogP contribution in [0.25, 0.3) is 11.3 Å². The average molecular weight is 390 g/mol. The van der Waals surface area contributed by atoms with Crippen molar-refractivity contribution in [2.45, 2.75) is 11.4 Å². The highest BCUT2D eigenvalue weighted by Crippen LogP contribution is 2.27. The molecule has 0 aliphatic rings. The molecule has 0 unspecified atom stereocenters. The van der Waals surface area contributed by atoms with Gasteiger partial charge in [0.15, 0.2) is 0 Å². The summed E-state index contributed by atoms with van der Waals surface area (Å²) in [5, 5.41) is 0.231. The monoisotopic (exact) mass is 389 g/mol.